The first-order valence-electron chi connectivity index (χ1n) is 9.30. The van der Waals surface area contributed by atoms with E-state index in [1.807, 2.05) is 60.7 Å². The number of amides is 1. The van der Waals surface area contributed by atoms with Crippen LogP contribution in [-0.2, 0) is 4.79 Å². The Morgan fingerprint density at radius 1 is 1.10 bits per heavy atom. The van der Waals surface area contributed by atoms with E-state index < -0.39 is 0 Å². The summed E-state index contributed by atoms with van der Waals surface area (Å²) in [6, 6.07) is 22.9. The van der Waals surface area contributed by atoms with Crippen LogP contribution < -0.4 is 15.4 Å². The zero-order valence-corrected chi connectivity index (χ0v) is 16.4. The van der Waals surface area contributed by atoms with Gasteiger partial charge < -0.3 is 20.8 Å². The number of fused-ring (bicyclic) bond motifs is 1. The number of nitrogens with one attached hydrogen (secondary N) is 3. The Balaban J connectivity index is 1.60. The highest BCUT2D eigenvalue weighted by Gasteiger charge is 2.22. The number of benzene rings is 3. The van der Waals surface area contributed by atoms with Gasteiger partial charge in [0, 0.05) is 28.9 Å². The van der Waals surface area contributed by atoms with Crippen LogP contribution in [0.4, 0.5) is 11.4 Å². The Hall–Kier alpha value is -3.31. The lowest BCUT2D eigenvalue weighted by molar-refractivity contribution is -0.118. The van der Waals surface area contributed by atoms with E-state index in [9.17, 15) is 4.79 Å². The summed E-state index contributed by atoms with van der Waals surface area (Å²) in [5.74, 6) is 0.257. The molecular formula is C23H20ClN3O2. The first kappa shape index (κ1) is 19.0. The van der Waals surface area contributed by atoms with Crippen LogP contribution in [0.3, 0.4) is 0 Å². The largest absolute Gasteiger partial charge is 0.482 e. The van der Waals surface area contributed by atoms with Gasteiger partial charge in [0.1, 0.15) is 5.75 Å². The Morgan fingerprint density at radius 2 is 1.86 bits per heavy atom. The van der Waals surface area contributed by atoms with Gasteiger partial charge in [0.25, 0.3) is 5.91 Å². The number of carbonyl (C=O) groups excluding carboxylic acids is 1. The summed E-state index contributed by atoms with van der Waals surface area (Å²) in [6.07, 6.45) is 0. The maximum atomic E-state index is 11.6. The zero-order valence-electron chi connectivity index (χ0n) is 15.6. The fourth-order valence-electron chi connectivity index (χ4n) is 3.31. The topological polar surface area (TPSA) is 74.2 Å². The number of halogens is 1. The molecule has 1 atom stereocenters. The normalized spacial score (nSPS) is 13.6. The van der Waals surface area contributed by atoms with Crippen LogP contribution in [0, 0.1) is 5.41 Å². The number of hydrogen-bond acceptors (Lipinski definition) is 4. The number of carbonyl (C=O) groups is 1. The third kappa shape index (κ3) is 4.41. The SMILES string of the molecule is N=C(c1ccc2c(c1)NC(=O)CO2)C(CNc1ccc(Cl)cc1)c1ccccc1. The molecule has 6 heteroatoms. The zero-order chi connectivity index (χ0) is 20.2. The molecule has 1 amide bonds. The standard InChI is InChI=1S/C23H20ClN3O2/c24-17-7-9-18(10-8-17)26-13-19(15-4-2-1-3-5-15)23(25)16-6-11-21-20(12-16)27-22(28)14-29-21/h1-12,19,25-26H,13-14H2,(H,27,28). The van der Waals surface area contributed by atoms with Crippen LogP contribution in [0.25, 0.3) is 0 Å². The van der Waals surface area contributed by atoms with E-state index in [0.717, 1.165) is 16.8 Å². The van der Waals surface area contributed by atoms with Gasteiger partial charge in [-0.3, -0.25) is 4.79 Å². The first-order chi connectivity index (χ1) is 14.1. The molecule has 29 heavy (non-hydrogen) atoms. The monoisotopic (exact) mass is 405 g/mol. The highest BCUT2D eigenvalue weighted by molar-refractivity contribution is 6.30. The number of ether oxygens (including phenoxy) is 1. The van der Waals surface area contributed by atoms with Crippen LogP contribution in [-0.4, -0.2) is 24.8 Å². The maximum absolute atomic E-state index is 11.6. The Labute approximate surface area is 174 Å². The van der Waals surface area contributed by atoms with Crippen molar-refractivity contribution in [3.63, 3.8) is 0 Å². The van der Waals surface area contributed by atoms with E-state index in [1.165, 1.54) is 0 Å². The minimum absolute atomic E-state index is 0.0153. The Kier molecular flexibility index (Phi) is 5.49. The first-order valence-corrected chi connectivity index (χ1v) is 9.68. The highest BCUT2D eigenvalue weighted by atomic mass is 35.5. The molecule has 0 spiro atoms. The predicted octanol–water partition coefficient (Wildman–Crippen LogP) is 4.93. The molecule has 146 valence electrons. The van der Waals surface area contributed by atoms with Crippen LogP contribution >= 0.6 is 11.6 Å². The summed E-state index contributed by atoms with van der Waals surface area (Å²) in [4.78, 5) is 11.6. The van der Waals surface area contributed by atoms with E-state index in [0.29, 0.717) is 28.7 Å². The fraction of sp³-hybridized carbons (Fsp3) is 0.130. The number of rotatable bonds is 6. The van der Waals surface area contributed by atoms with E-state index in [2.05, 4.69) is 10.6 Å². The van der Waals surface area contributed by atoms with Gasteiger partial charge in [0.15, 0.2) is 6.61 Å². The minimum atomic E-state index is -0.190. The molecule has 3 aromatic carbocycles. The summed E-state index contributed by atoms with van der Waals surface area (Å²) in [7, 11) is 0. The van der Waals surface area contributed by atoms with E-state index in [1.54, 1.807) is 12.1 Å². The Morgan fingerprint density at radius 3 is 2.62 bits per heavy atom. The van der Waals surface area contributed by atoms with Gasteiger partial charge in [-0.2, -0.15) is 0 Å². The predicted molar refractivity (Wildman–Crippen MR) is 117 cm³/mol. The molecule has 0 fully saturated rings. The van der Waals surface area contributed by atoms with Gasteiger partial charge >= 0.3 is 0 Å². The molecule has 1 aliphatic rings. The smallest absolute Gasteiger partial charge is 0.262 e. The van der Waals surface area contributed by atoms with Crippen molar-refractivity contribution in [1.29, 1.82) is 5.41 Å². The number of hydrogen-bond donors (Lipinski definition) is 3. The molecule has 3 N–H and O–H groups in total. The molecular weight excluding hydrogens is 386 g/mol. The summed E-state index contributed by atoms with van der Waals surface area (Å²) in [5, 5.41) is 15.8. The quantitative estimate of drug-likeness (QED) is 0.509. The molecule has 1 unspecified atom stereocenters. The van der Waals surface area contributed by atoms with E-state index in [4.69, 9.17) is 21.7 Å². The van der Waals surface area contributed by atoms with E-state index >= 15 is 0 Å². The van der Waals surface area contributed by atoms with Crippen LogP contribution in [0.15, 0.2) is 72.8 Å². The van der Waals surface area contributed by atoms with Gasteiger partial charge in [0.2, 0.25) is 0 Å². The molecule has 0 aromatic heterocycles. The molecule has 1 heterocycles. The van der Waals surface area contributed by atoms with Crippen molar-refractivity contribution in [3.8, 4) is 5.75 Å². The third-order valence-corrected chi connectivity index (χ3v) is 5.08. The molecule has 5 nitrogen and oxygen atoms in total. The molecule has 1 aliphatic heterocycles. The van der Waals surface area contributed by atoms with Crippen molar-refractivity contribution in [2.45, 2.75) is 5.92 Å². The van der Waals surface area contributed by atoms with Gasteiger partial charge in [-0.15, -0.1) is 0 Å². The highest BCUT2D eigenvalue weighted by Crippen LogP contribution is 2.31. The number of anilines is 2. The summed E-state index contributed by atoms with van der Waals surface area (Å²) in [6.45, 7) is 0.561. The third-order valence-electron chi connectivity index (χ3n) is 4.83. The van der Waals surface area contributed by atoms with Crippen molar-refractivity contribution < 1.29 is 9.53 Å². The van der Waals surface area contributed by atoms with Crippen molar-refractivity contribution >= 4 is 34.6 Å². The minimum Gasteiger partial charge on any atom is -0.482 e. The Bertz CT molecular complexity index is 1040. The lowest BCUT2D eigenvalue weighted by Gasteiger charge is -2.22. The maximum Gasteiger partial charge on any atom is 0.262 e. The molecule has 0 saturated heterocycles. The van der Waals surface area contributed by atoms with Crippen molar-refractivity contribution in [2.75, 3.05) is 23.8 Å². The second-order valence-corrected chi connectivity index (χ2v) is 7.25. The van der Waals surface area contributed by atoms with Crippen LogP contribution in [0.1, 0.15) is 17.0 Å². The second-order valence-electron chi connectivity index (χ2n) is 6.81. The molecule has 4 rings (SSSR count). The lowest BCUT2D eigenvalue weighted by Crippen LogP contribution is -2.26. The van der Waals surface area contributed by atoms with E-state index in [-0.39, 0.29) is 18.4 Å². The van der Waals surface area contributed by atoms with Crippen molar-refractivity contribution in [1.82, 2.24) is 0 Å². The van der Waals surface area contributed by atoms with Gasteiger partial charge in [0.05, 0.1) is 5.69 Å². The van der Waals surface area contributed by atoms with Crippen LogP contribution in [0.5, 0.6) is 5.75 Å². The molecule has 0 saturated carbocycles. The average molecular weight is 406 g/mol. The second kappa shape index (κ2) is 8.37. The van der Waals surface area contributed by atoms with Gasteiger partial charge in [-0.05, 0) is 53.6 Å². The molecule has 0 radical (unpaired) electrons. The van der Waals surface area contributed by atoms with Gasteiger partial charge in [-0.25, -0.2) is 0 Å². The van der Waals surface area contributed by atoms with Crippen LogP contribution in [0.2, 0.25) is 5.02 Å². The summed E-state index contributed by atoms with van der Waals surface area (Å²) < 4.78 is 5.42. The average Bonchev–Trinajstić information content (AvgIpc) is 2.75. The van der Waals surface area contributed by atoms with Crippen molar-refractivity contribution in [3.05, 3.63) is 88.9 Å². The molecule has 3 aromatic rings. The molecule has 0 bridgehead atoms. The summed E-state index contributed by atoms with van der Waals surface area (Å²) in [5.41, 5.74) is 3.77. The van der Waals surface area contributed by atoms with Crippen molar-refractivity contribution in [2.24, 2.45) is 0 Å². The summed E-state index contributed by atoms with van der Waals surface area (Å²) >= 11 is 5.97. The molecule has 0 aliphatic carbocycles. The fourth-order valence-corrected chi connectivity index (χ4v) is 3.44. The van der Waals surface area contributed by atoms with Gasteiger partial charge in [-0.1, -0.05) is 41.9 Å². The lowest BCUT2D eigenvalue weighted by atomic mass is 9.89.